The molecule has 1 heterocycles. The molecule has 0 radical (unpaired) electrons. The first kappa shape index (κ1) is 15.1. The van der Waals surface area contributed by atoms with Crippen LogP contribution in [0.2, 0.25) is 5.02 Å². The third-order valence-corrected chi connectivity index (χ3v) is 3.22. The summed E-state index contributed by atoms with van der Waals surface area (Å²) in [6.45, 7) is 0. The van der Waals surface area contributed by atoms with Crippen molar-refractivity contribution in [3.05, 3.63) is 28.8 Å². The molecule has 1 aliphatic heterocycles. The fourth-order valence-electron chi connectivity index (χ4n) is 2.00. The van der Waals surface area contributed by atoms with Crippen molar-refractivity contribution in [2.75, 3.05) is 0 Å². The highest BCUT2D eigenvalue weighted by Crippen LogP contribution is 2.31. The second-order valence-corrected chi connectivity index (χ2v) is 5.00. The van der Waals surface area contributed by atoms with Gasteiger partial charge in [-0.15, -0.1) is 0 Å². The number of carboxylic acid groups (broad SMARTS) is 2. The normalized spacial score (nSPS) is 17.5. The molecule has 0 fully saturated rings. The van der Waals surface area contributed by atoms with E-state index in [-0.39, 0.29) is 6.42 Å². The molecule has 1 aromatic rings. The van der Waals surface area contributed by atoms with E-state index in [2.05, 4.69) is 5.32 Å². The number of fused-ring (bicyclic) bond motifs is 1. The van der Waals surface area contributed by atoms with Crippen LogP contribution >= 0.6 is 11.6 Å². The van der Waals surface area contributed by atoms with E-state index in [4.69, 9.17) is 26.6 Å². The number of rotatable bonds is 5. The number of benzene rings is 1. The summed E-state index contributed by atoms with van der Waals surface area (Å²) >= 11 is 5.83. The molecule has 3 N–H and O–H groups in total. The number of amides is 1. The summed E-state index contributed by atoms with van der Waals surface area (Å²) in [5.41, 5.74) is 0.743. The minimum atomic E-state index is -1.49. The maximum atomic E-state index is 12.0. The third kappa shape index (κ3) is 3.63. The molecule has 0 saturated heterocycles. The first-order valence-corrected chi connectivity index (χ1v) is 6.44. The Kier molecular flexibility index (Phi) is 4.32. The van der Waals surface area contributed by atoms with Crippen LogP contribution in [0.4, 0.5) is 0 Å². The van der Waals surface area contributed by atoms with Gasteiger partial charge >= 0.3 is 11.9 Å². The van der Waals surface area contributed by atoms with Crippen molar-refractivity contribution >= 4 is 29.4 Å². The molecule has 2 atom stereocenters. The van der Waals surface area contributed by atoms with Gasteiger partial charge in [-0.1, -0.05) is 11.6 Å². The van der Waals surface area contributed by atoms with Crippen molar-refractivity contribution in [3.8, 4) is 5.75 Å². The summed E-state index contributed by atoms with van der Waals surface area (Å²) in [6.07, 6.45) is -1.35. The van der Waals surface area contributed by atoms with Gasteiger partial charge in [-0.3, -0.25) is 9.59 Å². The van der Waals surface area contributed by atoms with Crippen LogP contribution in [0.5, 0.6) is 5.75 Å². The fraction of sp³-hybridized carbons (Fsp3) is 0.308. The van der Waals surface area contributed by atoms with Gasteiger partial charge in [0.15, 0.2) is 6.10 Å². The van der Waals surface area contributed by atoms with Gasteiger partial charge in [0.25, 0.3) is 5.91 Å². The zero-order valence-electron chi connectivity index (χ0n) is 10.7. The molecule has 112 valence electrons. The lowest BCUT2D eigenvalue weighted by Gasteiger charge is -2.15. The molecule has 1 aromatic carbocycles. The van der Waals surface area contributed by atoms with Gasteiger partial charge in [0.05, 0.1) is 6.42 Å². The van der Waals surface area contributed by atoms with Crippen LogP contribution in [-0.4, -0.2) is 40.2 Å². The average Bonchev–Trinajstić information content (AvgIpc) is 2.80. The van der Waals surface area contributed by atoms with E-state index < -0.39 is 36.4 Å². The Bertz CT molecular complexity index is 602. The monoisotopic (exact) mass is 313 g/mol. The number of hydrogen-bond donors (Lipinski definition) is 3. The van der Waals surface area contributed by atoms with Crippen LogP contribution in [0.1, 0.15) is 12.0 Å². The Morgan fingerprint density at radius 1 is 1.38 bits per heavy atom. The largest absolute Gasteiger partial charge is 0.481 e. The van der Waals surface area contributed by atoms with Gasteiger partial charge in [0.2, 0.25) is 0 Å². The molecule has 7 nitrogen and oxygen atoms in total. The molecular weight excluding hydrogens is 302 g/mol. The number of aliphatic carboxylic acids is 2. The summed E-state index contributed by atoms with van der Waals surface area (Å²) in [4.78, 5) is 33.5. The van der Waals surface area contributed by atoms with Crippen molar-refractivity contribution in [1.82, 2.24) is 5.32 Å². The number of nitrogens with one attached hydrogen (secondary N) is 1. The number of halogens is 1. The van der Waals surface area contributed by atoms with Gasteiger partial charge in [-0.05, 0) is 23.8 Å². The maximum Gasteiger partial charge on any atom is 0.326 e. The summed E-state index contributed by atoms with van der Waals surface area (Å²) in [6, 6.07) is 3.41. The second-order valence-electron chi connectivity index (χ2n) is 4.56. The van der Waals surface area contributed by atoms with E-state index >= 15 is 0 Å². The molecule has 21 heavy (non-hydrogen) atoms. The van der Waals surface area contributed by atoms with Gasteiger partial charge < -0.3 is 20.3 Å². The summed E-state index contributed by atoms with van der Waals surface area (Å²) in [5, 5.41) is 20.2. The molecule has 0 aliphatic carbocycles. The van der Waals surface area contributed by atoms with Crippen LogP contribution in [0.15, 0.2) is 18.2 Å². The van der Waals surface area contributed by atoms with Crippen molar-refractivity contribution in [2.45, 2.75) is 25.0 Å². The van der Waals surface area contributed by atoms with Crippen molar-refractivity contribution in [1.29, 1.82) is 0 Å². The van der Waals surface area contributed by atoms with Gasteiger partial charge in [-0.2, -0.15) is 0 Å². The minimum absolute atomic E-state index is 0.251. The van der Waals surface area contributed by atoms with Crippen LogP contribution < -0.4 is 10.1 Å². The highest BCUT2D eigenvalue weighted by Gasteiger charge is 2.32. The van der Waals surface area contributed by atoms with E-state index in [0.717, 1.165) is 5.56 Å². The Balaban J connectivity index is 2.02. The standard InChI is InChI=1S/C13H12ClNO6/c14-7-1-2-9-6(3-7)4-10(21-9)12(18)15-8(13(19)20)5-11(16)17/h1-3,8,10H,4-5H2,(H,15,18)(H,16,17)(H,19,20)/t8-,10?/m0/s1. The lowest BCUT2D eigenvalue weighted by Crippen LogP contribution is -2.47. The van der Waals surface area contributed by atoms with E-state index in [1.165, 1.54) is 0 Å². The number of carboxylic acids is 2. The van der Waals surface area contributed by atoms with E-state index in [1.807, 2.05) is 0 Å². The molecule has 0 saturated carbocycles. The summed E-state index contributed by atoms with van der Waals surface area (Å²) in [5.74, 6) is -2.89. The Morgan fingerprint density at radius 3 is 2.71 bits per heavy atom. The lowest BCUT2D eigenvalue weighted by molar-refractivity contribution is -0.147. The van der Waals surface area contributed by atoms with Crippen molar-refractivity contribution in [2.24, 2.45) is 0 Å². The Labute approximate surface area is 124 Å². The molecule has 8 heteroatoms. The first-order valence-electron chi connectivity index (χ1n) is 6.07. The lowest BCUT2D eigenvalue weighted by atomic mass is 10.1. The van der Waals surface area contributed by atoms with Crippen molar-refractivity contribution < 1.29 is 29.3 Å². The number of carbonyl (C=O) groups excluding carboxylic acids is 1. The van der Waals surface area contributed by atoms with E-state index in [1.54, 1.807) is 18.2 Å². The molecular formula is C13H12ClNO6. The fourth-order valence-corrected chi connectivity index (χ4v) is 2.20. The van der Waals surface area contributed by atoms with E-state index in [9.17, 15) is 14.4 Å². The summed E-state index contributed by atoms with van der Waals surface area (Å²) < 4.78 is 5.40. The third-order valence-electron chi connectivity index (χ3n) is 2.98. The smallest absolute Gasteiger partial charge is 0.326 e. The average molecular weight is 314 g/mol. The van der Waals surface area contributed by atoms with Gasteiger partial charge in [0.1, 0.15) is 11.8 Å². The molecule has 0 spiro atoms. The second kappa shape index (κ2) is 6.01. The SMILES string of the molecule is O=C(O)C[C@H](NC(=O)C1Cc2cc(Cl)ccc2O1)C(=O)O. The zero-order valence-corrected chi connectivity index (χ0v) is 11.5. The molecule has 2 rings (SSSR count). The van der Waals surface area contributed by atoms with Crippen LogP contribution in [0, 0.1) is 0 Å². The van der Waals surface area contributed by atoms with Gasteiger partial charge in [-0.25, -0.2) is 4.79 Å². The van der Waals surface area contributed by atoms with Crippen LogP contribution in [0.25, 0.3) is 0 Å². The maximum absolute atomic E-state index is 12.0. The Morgan fingerprint density at radius 2 is 2.10 bits per heavy atom. The summed E-state index contributed by atoms with van der Waals surface area (Å²) in [7, 11) is 0. The molecule has 1 aliphatic rings. The molecule has 0 bridgehead atoms. The molecule has 0 aromatic heterocycles. The molecule has 1 unspecified atom stereocenters. The number of ether oxygens (including phenoxy) is 1. The zero-order chi connectivity index (χ0) is 15.6. The van der Waals surface area contributed by atoms with Gasteiger partial charge in [0, 0.05) is 11.4 Å². The number of carbonyl (C=O) groups is 3. The predicted octanol–water partition coefficient (Wildman–Crippen LogP) is 0.688. The van der Waals surface area contributed by atoms with Crippen LogP contribution in [0.3, 0.4) is 0 Å². The topological polar surface area (TPSA) is 113 Å². The Hall–Kier alpha value is -2.28. The predicted molar refractivity (Wildman–Crippen MR) is 71.4 cm³/mol. The van der Waals surface area contributed by atoms with E-state index in [0.29, 0.717) is 10.8 Å². The molecule has 1 amide bonds. The first-order chi connectivity index (χ1) is 9.86. The highest BCUT2D eigenvalue weighted by atomic mass is 35.5. The van der Waals surface area contributed by atoms with Crippen LogP contribution in [-0.2, 0) is 20.8 Å². The van der Waals surface area contributed by atoms with Crippen molar-refractivity contribution in [3.63, 3.8) is 0 Å². The minimum Gasteiger partial charge on any atom is -0.481 e. The highest BCUT2D eigenvalue weighted by molar-refractivity contribution is 6.30. The quantitative estimate of drug-likeness (QED) is 0.737. The number of hydrogen-bond acceptors (Lipinski definition) is 4.